The Morgan fingerprint density at radius 3 is 2.14 bits per heavy atom. The molecule has 0 unspecified atom stereocenters. The Bertz CT molecular complexity index is 291. The van der Waals surface area contributed by atoms with Gasteiger partial charge in [0, 0.05) is 0 Å². The van der Waals surface area contributed by atoms with Crippen molar-refractivity contribution in [3.8, 4) is 0 Å². The zero-order valence-corrected chi connectivity index (χ0v) is 7.74. The normalized spacial score (nSPS) is 28.6. The molecule has 0 radical (unpaired) electrons. The molecular formula is C6H8F4O3S. The molecule has 0 aromatic heterocycles. The molecule has 1 aliphatic rings. The van der Waals surface area contributed by atoms with Gasteiger partial charge in [0.25, 0.3) is 0 Å². The van der Waals surface area contributed by atoms with Gasteiger partial charge in [-0.3, -0.25) is 4.74 Å². The molecule has 3 nitrogen and oxygen atoms in total. The van der Waals surface area contributed by atoms with Crippen LogP contribution in [0.15, 0.2) is 0 Å². The molecule has 0 saturated heterocycles. The van der Waals surface area contributed by atoms with E-state index in [0.29, 0.717) is 0 Å². The highest BCUT2D eigenvalue weighted by Crippen LogP contribution is 2.35. The highest BCUT2D eigenvalue weighted by Gasteiger charge is 2.41. The van der Waals surface area contributed by atoms with E-state index in [-0.39, 0.29) is 12.8 Å². The van der Waals surface area contributed by atoms with Gasteiger partial charge in [0.2, 0.25) is 0 Å². The molecule has 0 bridgehead atoms. The van der Waals surface area contributed by atoms with Gasteiger partial charge < -0.3 is 0 Å². The third-order valence-electron chi connectivity index (χ3n) is 1.93. The molecule has 0 amide bonds. The van der Waals surface area contributed by atoms with Gasteiger partial charge in [0.1, 0.15) is 0 Å². The second kappa shape index (κ2) is 3.65. The topological polar surface area (TPSA) is 43.4 Å². The maximum absolute atomic E-state index is 12.0. The van der Waals surface area contributed by atoms with Crippen LogP contribution < -0.4 is 0 Å². The first-order valence-electron chi connectivity index (χ1n) is 3.82. The minimum atomic E-state index is -4.70. The fourth-order valence-electron chi connectivity index (χ4n) is 1.38. The lowest BCUT2D eigenvalue weighted by Crippen LogP contribution is -2.38. The lowest BCUT2D eigenvalue weighted by atomic mass is 9.84. The van der Waals surface area contributed by atoms with Crippen LogP contribution in [0.2, 0.25) is 0 Å². The van der Waals surface area contributed by atoms with Crippen molar-refractivity contribution in [2.45, 2.75) is 25.3 Å². The van der Waals surface area contributed by atoms with Crippen molar-refractivity contribution >= 4 is 10.2 Å². The first-order valence-corrected chi connectivity index (χ1v) is 5.38. The third-order valence-corrected chi connectivity index (χ3v) is 2.80. The number of alkyl halides is 3. The summed E-state index contributed by atoms with van der Waals surface area (Å²) in [6, 6.07) is 0. The van der Waals surface area contributed by atoms with Gasteiger partial charge in [-0.2, -0.15) is 8.42 Å². The molecule has 1 aliphatic carbocycles. The summed E-state index contributed by atoms with van der Waals surface area (Å²) >= 11 is 0. The van der Waals surface area contributed by atoms with Crippen LogP contribution in [0.5, 0.6) is 0 Å². The van der Waals surface area contributed by atoms with Gasteiger partial charge in [-0.05, 0) is 18.8 Å². The Balaban J connectivity index is 2.25. The van der Waals surface area contributed by atoms with Crippen molar-refractivity contribution < 1.29 is 30.2 Å². The van der Waals surface area contributed by atoms with Gasteiger partial charge >= 0.3 is 16.6 Å². The molecule has 1 saturated carbocycles. The second-order valence-electron chi connectivity index (χ2n) is 3.23. The first-order chi connectivity index (χ1) is 6.16. The molecule has 14 heavy (non-hydrogen) atoms. The summed E-state index contributed by atoms with van der Waals surface area (Å²) < 4.78 is 70.6. The number of hydrogen-bond donors (Lipinski definition) is 0. The predicted molar refractivity (Wildman–Crippen MR) is 38.5 cm³/mol. The largest absolute Gasteiger partial charge is 0.522 e. The predicted octanol–water partition coefficient (Wildman–Crippen LogP) is 1.60. The zero-order chi connectivity index (χ0) is 11.0. The average molecular weight is 236 g/mol. The molecule has 0 aliphatic heterocycles. The van der Waals surface area contributed by atoms with Crippen molar-refractivity contribution in [1.82, 2.24) is 0 Å². The molecule has 0 N–H and O–H groups in total. The second-order valence-corrected chi connectivity index (χ2v) is 4.64. The molecule has 1 fully saturated rings. The lowest BCUT2D eigenvalue weighted by molar-refractivity contribution is -0.353. The molecule has 0 spiro atoms. The van der Waals surface area contributed by atoms with E-state index >= 15 is 0 Å². The van der Waals surface area contributed by atoms with Crippen LogP contribution in [0.1, 0.15) is 12.8 Å². The monoisotopic (exact) mass is 236 g/mol. The summed E-state index contributed by atoms with van der Waals surface area (Å²) in [6.45, 7) is 0. The minimum Gasteiger partial charge on any atom is -0.289 e. The Morgan fingerprint density at radius 2 is 1.79 bits per heavy atom. The smallest absolute Gasteiger partial charge is 0.289 e. The standard InChI is InChI=1S/C6H8F4O3S/c7-6(8,9)13-5-1-4(2-5)3-14(10,11)12/h4-5H,1-3H2. The van der Waals surface area contributed by atoms with E-state index in [9.17, 15) is 25.5 Å². The van der Waals surface area contributed by atoms with Gasteiger partial charge in [-0.15, -0.1) is 17.1 Å². The molecular weight excluding hydrogens is 228 g/mol. The van der Waals surface area contributed by atoms with E-state index in [1.54, 1.807) is 0 Å². The van der Waals surface area contributed by atoms with E-state index in [2.05, 4.69) is 4.74 Å². The summed E-state index contributed by atoms with van der Waals surface area (Å²) in [7, 11) is -4.59. The van der Waals surface area contributed by atoms with E-state index < -0.39 is 34.4 Å². The van der Waals surface area contributed by atoms with Crippen molar-refractivity contribution in [3.63, 3.8) is 0 Å². The Hall–Kier alpha value is -0.370. The average Bonchev–Trinajstić information content (AvgIpc) is 1.75. The van der Waals surface area contributed by atoms with E-state index in [0.717, 1.165) is 0 Å². The summed E-state index contributed by atoms with van der Waals surface area (Å²) in [5.74, 6) is -1.28. The Labute approximate surface area is 78.3 Å². The minimum absolute atomic E-state index is 0.0668. The molecule has 0 aromatic rings. The van der Waals surface area contributed by atoms with Crippen LogP contribution in [0, 0.1) is 5.92 Å². The summed E-state index contributed by atoms with van der Waals surface area (Å²) in [5.41, 5.74) is 0. The lowest BCUT2D eigenvalue weighted by Gasteiger charge is -2.34. The Morgan fingerprint density at radius 1 is 1.29 bits per heavy atom. The molecule has 1 rings (SSSR count). The van der Waals surface area contributed by atoms with E-state index in [1.807, 2.05) is 0 Å². The third kappa shape index (κ3) is 4.23. The fourth-order valence-corrected chi connectivity index (χ4v) is 2.21. The van der Waals surface area contributed by atoms with Crippen molar-refractivity contribution in [1.29, 1.82) is 0 Å². The molecule has 8 heteroatoms. The number of rotatable bonds is 3. The molecule has 84 valence electrons. The quantitative estimate of drug-likeness (QED) is 0.552. The van der Waals surface area contributed by atoms with Crippen molar-refractivity contribution in [2.75, 3.05) is 5.75 Å². The van der Waals surface area contributed by atoms with Crippen LogP contribution in [-0.2, 0) is 15.0 Å². The van der Waals surface area contributed by atoms with Crippen LogP contribution in [0.3, 0.4) is 0 Å². The first kappa shape index (κ1) is 11.7. The zero-order valence-electron chi connectivity index (χ0n) is 6.92. The van der Waals surface area contributed by atoms with Gasteiger partial charge in [0.15, 0.2) is 0 Å². The van der Waals surface area contributed by atoms with Gasteiger partial charge in [-0.1, -0.05) is 0 Å². The number of halogens is 4. The van der Waals surface area contributed by atoms with Crippen LogP contribution in [0.4, 0.5) is 17.1 Å². The number of hydrogen-bond acceptors (Lipinski definition) is 3. The fraction of sp³-hybridized carbons (Fsp3) is 1.00. The highest BCUT2D eigenvalue weighted by molar-refractivity contribution is 7.86. The maximum atomic E-state index is 12.0. The van der Waals surface area contributed by atoms with Crippen molar-refractivity contribution in [3.05, 3.63) is 0 Å². The summed E-state index contributed by atoms with van der Waals surface area (Å²) in [4.78, 5) is 0. The van der Waals surface area contributed by atoms with Crippen molar-refractivity contribution in [2.24, 2.45) is 5.92 Å². The molecule has 0 atom stereocenters. The maximum Gasteiger partial charge on any atom is 0.522 e. The van der Waals surface area contributed by atoms with Gasteiger partial charge in [0.05, 0.1) is 11.9 Å². The van der Waals surface area contributed by atoms with Crippen LogP contribution >= 0.6 is 0 Å². The Kier molecular flexibility index (Phi) is 3.05. The highest BCUT2D eigenvalue weighted by atomic mass is 32.3. The summed E-state index contributed by atoms with van der Waals surface area (Å²) in [5, 5.41) is 0. The molecule has 0 aromatic carbocycles. The molecule has 0 heterocycles. The van der Waals surface area contributed by atoms with E-state index in [1.165, 1.54) is 0 Å². The number of ether oxygens (including phenoxy) is 1. The van der Waals surface area contributed by atoms with E-state index in [4.69, 9.17) is 0 Å². The van der Waals surface area contributed by atoms with Crippen LogP contribution in [-0.4, -0.2) is 26.6 Å². The summed E-state index contributed by atoms with van der Waals surface area (Å²) in [6.07, 6.45) is -5.86. The SMILES string of the molecule is O=S(=O)(F)CC1CC(OC(F)(F)F)C1. The van der Waals surface area contributed by atoms with Gasteiger partial charge in [-0.25, -0.2) is 0 Å². The van der Waals surface area contributed by atoms with Crippen LogP contribution in [0.25, 0.3) is 0 Å².